The fraction of sp³-hybridized carbons (Fsp3) is 0.143. The van der Waals surface area contributed by atoms with Gasteiger partial charge in [0.15, 0.2) is 5.84 Å². The molecule has 0 saturated heterocycles. The van der Waals surface area contributed by atoms with Crippen LogP contribution in [-0.2, 0) is 6.61 Å². The summed E-state index contributed by atoms with van der Waals surface area (Å²) in [6.07, 6.45) is 1.57. The minimum absolute atomic E-state index is 0.0560. The maximum atomic E-state index is 8.74. The third-order valence-corrected chi connectivity index (χ3v) is 3.02. The highest BCUT2D eigenvalue weighted by Crippen LogP contribution is 2.26. The zero-order valence-corrected chi connectivity index (χ0v) is 11.6. The zero-order valence-electron chi connectivity index (χ0n) is 10.9. The molecule has 1 heterocycles. The first kappa shape index (κ1) is 14.1. The van der Waals surface area contributed by atoms with E-state index in [9.17, 15) is 0 Å². The summed E-state index contributed by atoms with van der Waals surface area (Å²) >= 11 is 6.06. The van der Waals surface area contributed by atoms with Crippen LogP contribution in [-0.4, -0.2) is 16.0 Å². The van der Waals surface area contributed by atoms with Gasteiger partial charge < -0.3 is 15.7 Å². The lowest BCUT2D eigenvalue weighted by Gasteiger charge is -2.11. The van der Waals surface area contributed by atoms with Crippen LogP contribution in [0, 0.1) is 6.92 Å². The predicted molar refractivity (Wildman–Crippen MR) is 77.3 cm³/mol. The van der Waals surface area contributed by atoms with Gasteiger partial charge in [-0.15, -0.1) is 0 Å². The standard InChI is InChI=1S/C14H14ClN3O2/c1-9-4-5-11(15)12(7-9)20-8-10-3-2-6-17-13(10)14(16)18-19/h2-7,19H,8H2,1H3,(H2,16,18). The van der Waals surface area contributed by atoms with E-state index in [1.807, 2.05) is 19.1 Å². The number of nitrogens with two attached hydrogens (primary N) is 1. The van der Waals surface area contributed by atoms with Gasteiger partial charge in [0.1, 0.15) is 18.1 Å². The number of ether oxygens (including phenoxy) is 1. The van der Waals surface area contributed by atoms with Crippen LogP contribution >= 0.6 is 11.6 Å². The van der Waals surface area contributed by atoms with Gasteiger partial charge >= 0.3 is 0 Å². The molecule has 0 aliphatic carbocycles. The number of pyridine rings is 1. The average Bonchev–Trinajstić information content (AvgIpc) is 2.47. The summed E-state index contributed by atoms with van der Waals surface area (Å²) in [5.41, 5.74) is 7.72. The monoisotopic (exact) mass is 291 g/mol. The molecular weight excluding hydrogens is 278 g/mol. The van der Waals surface area contributed by atoms with Crippen molar-refractivity contribution in [2.24, 2.45) is 10.9 Å². The molecule has 6 heteroatoms. The third kappa shape index (κ3) is 3.19. The number of oxime groups is 1. The lowest BCUT2D eigenvalue weighted by molar-refractivity contribution is 0.304. The van der Waals surface area contributed by atoms with E-state index in [1.54, 1.807) is 24.4 Å². The Morgan fingerprint density at radius 2 is 2.25 bits per heavy atom. The Bertz CT molecular complexity index is 644. The lowest BCUT2D eigenvalue weighted by atomic mass is 10.2. The van der Waals surface area contributed by atoms with Crippen LogP contribution in [0.1, 0.15) is 16.8 Å². The number of aryl methyl sites for hydroxylation is 1. The fourth-order valence-electron chi connectivity index (χ4n) is 1.71. The van der Waals surface area contributed by atoms with E-state index in [0.29, 0.717) is 22.0 Å². The molecule has 20 heavy (non-hydrogen) atoms. The van der Waals surface area contributed by atoms with Crippen molar-refractivity contribution in [3.63, 3.8) is 0 Å². The van der Waals surface area contributed by atoms with Gasteiger partial charge in [0, 0.05) is 11.8 Å². The van der Waals surface area contributed by atoms with E-state index in [-0.39, 0.29) is 12.4 Å². The summed E-state index contributed by atoms with van der Waals surface area (Å²) in [6, 6.07) is 9.08. The van der Waals surface area contributed by atoms with Crippen LogP contribution in [0.25, 0.3) is 0 Å². The number of nitrogens with zero attached hydrogens (tertiary/aromatic N) is 2. The van der Waals surface area contributed by atoms with Crippen LogP contribution in [0.2, 0.25) is 5.02 Å². The zero-order chi connectivity index (χ0) is 14.5. The molecule has 0 aliphatic rings. The molecule has 5 nitrogen and oxygen atoms in total. The summed E-state index contributed by atoms with van der Waals surface area (Å²) in [5.74, 6) is 0.528. The second-order valence-electron chi connectivity index (χ2n) is 4.22. The van der Waals surface area contributed by atoms with E-state index < -0.39 is 0 Å². The first-order valence-corrected chi connectivity index (χ1v) is 6.30. The molecule has 0 spiro atoms. The average molecular weight is 292 g/mol. The highest BCUT2D eigenvalue weighted by atomic mass is 35.5. The molecule has 3 N–H and O–H groups in total. The Kier molecular flexibility index (Phi) is 4.42. The highest BCUT2D eigenvalue weighted by molar-refractivity contribution is 6.32. The molecule has 1 aromatic carbocycles. The second-order valence-corrected chi connectivity index (χ2v) is 4.63. The van der Waals surface area contributed by atoms with Crippen molar-refractivity contribution in [3.8, 4) is 5.75 Å². The van der Waals surface area contributed by atoms with Gasteiger partial charge in [-0.1, -0.05) is 28.9 Å². The van der Waals surface area contributed by atoms with E-state index in [2.05, 4.69) is 10.1 Å². The smallest absolute Gasteiger partial charge is 0.189 e. The van der Waals surface area contributed by atoms with E-state index in [4.69, 9.17) is 27.3 Å². The maximum absolute atomic E-state index is 8.74. The van der Waals surface area contributed by atoms with Gasteiger partial charge in [-0.05, 0) is 30.7 Å². The minimum Gasteiger partial charge on any atom is -0.487 e. The molecule has 0 amide bonds. The molecule has 0 saturated carbocycles. The van der Waals surface area contributed by atoms with Gasteiger partial charge in [0.05, 0.1) is 5.02 Å². The Hall–Kier alpha value is -2.27. The Balaban J connectivity index is 2.21. The van der Waals surface area contributed by atoms with Crippen LogP contribution in [0.15, 0.2) is 41.7 Å². The van der Waals surface area contributed by atoms with Gasteiger partial charge in [0.2, 0.25) is 0 Å². The number of hydrogen-bond donors (Lipinski definition) is 2. The third-order valence-electron chi connectivity index (χ3n) is 2.71. The number of amidine groups is 1. The van der Waals surface area contributed by atoms with Gasteiger partial charge in [-0.2, -0.15) is 0 Å². The Morgan fingerprint density at radius 3 is 3.00 bits per heavy atom. The number of benzene rings is 1. The number of hydrogen-bond acceptors (Lipinski definition) is 4. The molecular formula is C14H14ClN3O2. The summed E-state index contributed by atoms with van der Waals surface area (Å²) < 4.78 is 5.67. The molecule has 0 radical (unpaired) electrons. The number of aromatic nitrogens is 1. The maximum Gasteiger partial charge on any atom is 0.189 e. The predicted octanol–water partition coefficient (Wildman–Crippen LogP) is 2.72. The molecule has 0 bridgehead atoms. The number of halogens is 1. The van der Waals surface area contributed by atoms with E-state index >= 15 is 0 Å². The highest BCUT2D eigenvalue weighted by Gasteiger charge is 2.10. The molecule has 0 unspecified atom stereocenters. The molecule has 2 rings (SSSR count). The minimum atomic E-state index is -0.0560. The molecule has 0 aliphatic heterocycles. The van der Waals surface area contributed by atoms with Gasteiger partial charge in [0.25, 0.3) is 0 Å². The van der Waals surface area contributed by atoms with Crippen molar-refractivity contribution >= 4 is 17.4 Å². The van der Waals surface area contributed by atoms with Crippen molar-refractivity contribution in [1.29, 1.82) is 0 Å². The van der Waals surface area contributed by atoms with Crippen molar-refractivity contribution in [1.82, 2.24) is 4.98 Å². The van der Waals surface area contributed by atoms with Crippen LogP contribution in [0.4, 0.5) is 0 Å². The lowest BCUT2D eigenvalue weighted by Crippen LogP contribution is -2.18. The fourth-order valence-corrected chi connectivity index (χ4v) is 1.88. The first-order valence-electron chi connectivity index (χ1n) is 5.92. The topological polar surface area (TPSA) is 80.7 Å². The van der Waals surface area contributed by atoms with Gasteiger partial charge in [-0.3, -0.25) is 4.98 Å². The quantitative estimate of drug-likeness (QED) is 0.393. The summed E-state index contributed by atoms with van der Waals surface area (Å²) in [4.78, 5) is 4.07. The van der Waals surface area contributed by atoms with E-state index in [1.165, 1.54) is 0 Å². The normalized spacial score (nSPS) is 11.4. The number of rotatable bonds is 4. The summed E-state index contributed by atoms with van der Waals surface area (Å²) in [7, 11) is 0. The second kappa shape index (κ2) is 6.25. The Morgan fingerprint density at radius 1 is 1.45 bits per heavy atom. The molecule has 2 aromatic rings. The van der Waals surface area contributed by atoms with Crippen molar-refractivity contribution in [3.05, 3.63) is 58.4 Å². The van der Waals surface area contributed by atoms with Crippen molar-refractivity contribution in [2.75, 3.05) is 0 Å². The van der Waals surface area contributed by atoms with Crippen molar-refractivity contribution in [2.45, 2.75) is 13.5 Å². The largest absolute Gasteiger partial charge is 0.487 e. The summed E-state index contributed by atoms with van der Waals surface area (Å²) in [6.45, 7) is 2.18. The summed E-state index contributed by atoms with van der Waals surface area (Å²) in [5, 5.41) is 12.2. The molecule has 104 valence electrons. The SMILES string of the molecule is Cc1ccc(Cl)c(OCc2cccnc2C(N)=NO)c1. The molecule has 0 fully saturated rings. The molecule has 0 atom stereocenters. The van der Waals surface area contributed by atoms with Crippen LogP contribution in [0.5, 0.6) is 5.75 Å². The van der Waals surface area contributed by atoms with E-state index in [0.717, 1.165) is 5.56 Å². The Labute approximate surface area is 121 Å². The molecule has 1 aromatic heterocycles. The van der Waals surface area contributed by atoms with Gasteiger partial charge in [-0.25, -0.2) is 0 Å². The van der Waals surface area contributed by atoms with Crippen LogP contribution < -0.4 is 10.5 Å². The van der Waals surface area contributed by atoms with Crippen molar-refractivity contribution < 1.29 is 9.94 Å². The first-order chi connectivity index (χ1) is 9.61. The van der Waals surface area contributed by atoms with Crippen LogP contribution in [0.3, 0.4) is 0 Å².